The van der Waals surface area contributed by atoms with Crippen LogP contribution in [0, 0.1) is 5.92 Å². The summed E-state index contributed by atoms with van der Waals surface area (Å²) in [6, 6.07) is 1.58. The third-order valence-corrected chi connectivity index (χ3v) is 2.71. The summed E-state index contributed by atoms with van der Waals surface area (Å²) in [5.74, 6) is -0.725. The molecule has 94 valence electrons. The lowest BCUT2D eigenvalue weighted by molar-refractivity contribution is -0.122. The van der Waals surface area contributed by atoms with Gasteiger partial charge in [-0.05, 0) is 18.9 Å². The number of carboxylic acids is 1. The Morgan fingerprint density at radius 3 is 2.53 bits per heavy atom. The maximum Gasteiger partial charge on any atom is 0.337 e. The van der Waals surface area contributed by atoms with Gasteiger partial charge in [-0.3, -0.25) is 4.79 Å². The number of rotatable bonds is 5. The molecule has 1 aromatic rings. The first-order valence-electron chi connectivity index (χ1n) is 5.58. The average Bonchev–Trinajstić information content (AvgIpc) is 2.65. The zero-order valence-corrected chi connectivity index (χ0v) is 10.3. The van der Waals surface area contributed by atoms with Gasteiger partial charge in [-0.15, -0.1) is 0 Å². The fourth-order valence-electron chi connectivity index (χ4n) is 1.30. The smallest absolute Gasteiger partial charge is 0.337 e. The van der Waals surface area contributed by atoms with Gasteiger partial charge in [0.15, 0.2) is 0 Å². The van der Waals surface area contributed by atoms with Crippen LogP contribution in [0.2, 0.25) is 0 Å². The largest absolute Gasteiger partial charge is 0.478 e. The summed E-state index contributed by atoms with van der Waals surface area (Å²) in [4.78, 5) is 22.3. The van der Waals surface area contributed by atoms with Crippen LogP contribution in [-0.2, 0) is 11.3 Å². The van der Waals surface area contributed by atoms with E-state index in [-0.39, 0.29) is 24.1 Å². The second-order valence-corrected chi connectivity index (χ2v) is 4.48. The van der Waals surface area contributed by atoms with Gasteiger partial charge in [-0.2, -0.15) is 0 Å². The number of aromatic carboxylic acids is 1. The fraction of sp³-hybridized carbons (Fsp3) is 0.500. The molecule has 1 heterocycles. The van der Waals surface area contributed by atoms with Gasteiger partial charge < -0.3 is 15.0 Å². The van der Waals surface area contributed by atoms with Crippen LogP contribution in [0.5, 0.6) is 0 Å². The van der Waals surface area contributed by atoms with Crippen LogP contribution < -0.4 is 5.32 Å². The summed E-state index contributed by atoms with van der Waals surface area (Å²) in [5, 5.41) is 11.6. The van der Waals surface area contributed by atoms with E-state index in [0.29, 0.717) is 5.92 Å². The van der Waals surface area contributed by atoms with Crippen molar-refractivity contribution in [1.82, 2.24) is 9.88 Å². The maximum atomic E-state index is 11.6. The normalized spacial score (nSPS) is 12.5. The van der Waals surface area contributed by atoms with Crippen LogP contribution in [0.4, 0.5) is 0 Å². The maximum absolute atomic E-state index is 11.6. The highest BCUT2D eigenvalue weighted by Gasteiger charge is 2.11. The van der Waals surface area contributed by atoms with Crippen molar-refractivity contribution >= 4 is 11.9 Å². The van der Waals surface area contributed by atoms with Crippen molar-refractivity contribution in [2.45, 2.75) is 33.4 Å². The Bertz CT molecular complexity index is 410. The van der Waals surface area contributed by atoms with Crippen LogP contribution >= 0.6 is 0 Å². The Labute approximate surface area is 100 Å². The lowest BCUT2D eigenvalue weighted by Gasteiger charge is -2.17. The highest BCUT2D eigenvalue weighted by Crippen LogP contribution is 2.02. The van der Waals surface area contributed by atoms with Crippen molar-refractivity contribution < 1.29 is 14.7 Å². The number of hydrogen-bond acceptors (Lipinski definition) is 2. The van der Waals surface area contributed by atoms with E-state index in [9.17, 15) is 9.59 Å². The lowest BCUT2D eigenvalue weighted by Crippen LogP contribution is -2.37. The molecule has 5 heteroatoms. The van der Waals surface area contributed by atoms with E-state index in [1.54, 1.807) is 10.8 Å². The highest BCUT2D eigenvalue weighted by atomic mass is 16.4. The van der Waals surface area contributed by atoms with Crippen LogP contribution in [-0.4, -0.2) is 27.6 Å². The number of hydrogen-bond donors (Lipinski definition) is 2. The topological polar surface area (TPSA) is 71.3 Å². The number of nitrogens with zero attached hydrogens (tertiary/aromatic N) is 1. The molecular weight excluding hydrogens is 220 g/mol. The predicted octanol–water partition coefficient (Wildman–Crippen LogP) is 1.35. The Hall–Kier alpha value is -1.78. The molecule has 1 rings (SSSR count). The van der Waals surface area contributed by atoms with E-state index in [1.807, 2.05) is 20.8 Å². The van der Waals surface area contributed by atoms with E-state index >= 15 is 0 Å². The zero-order chi connectivity index (χ0) is 13.0. The molecule has 0 saturated carbocycles. The molecule has 1 unspecified atom stereocenters. The van der Waals surface area contributed by atoms with Gasteiger partial charge in [0.1, 0.15) is 6.54 Å². The van der Waals surface area contributed by atoms with Crippen molar-refractivity contribution in [1.29, 1.82) is 0 Å². The second kappa shape index (κ2) is 5.52. The zero-order valence-electron chi connectivity index (χ0n) is 10.3. The molecule has 0 saturated heterocycles. The number of carboxylic acid groups (broad SMARTS) is 1. The van der Waals surface area contributed by atoms with Crippen LogP contribution in [0.25, 0.3) is 0 Å². The number of carbonyl (C=O) groups excluding carboxylic acids is 1. The number of carbonyl (C=O) groups is 2. The highest BCUT2D eigenvalue weighted by molar-refractivity contribution is 5.87. The lowest BCUT2D eigenvalue weighted by atomic mass is 10.1. The third kappa shape index (κ3) is 3.94. The van der Waals surface area contributed by atoms with Gasteiger partial charge in [0, 0.05) is 18.4 Å². The quantitative estimate of drug-likeness (QED) is 0.813. The first-order valence-corrected chi connectivity index (χ1v) is 5.58. The first kappa shape index (κ1) is 13.3. The second-order valence-electron chi connectivity index (χ2n) is 4.48. The average molecular weight is 238 g/mol. The van der Waals surface area contributed by atoms with E-state index < -0.39 is 5.97 Å². The Kier molecular flexibility index (Phi) is 4.31. The molecule has 0 fully saturated rings. The van der Waals surface area contributed by atoms with Crippen LogP contribution in [0.3, 0.4) is 0 Å². The van der Waals surface area contributed by atoms with Gasteiger partial charge in [0.25, 0.3) is 0 Å². The van der Waals surface area contributed by atoms with Crippen LogP contribution in [0.15, 0.2) is 18.5 Å². The standard InChI is InChI=1S/C12H18N2O3/c1-8(2)9(3)13-11(15)7-14-5-4-10(6-14)12(16)17/h4-6,8-9H,7H2,1-3H3,(H,13,15)(H,16,17). The fourth-order valence-corrected chi connectivity index (χ4v) is 1.30. The molecule has 0 aliphatic heterocycles. The molecule has 2 N–H and O–H groups in total. The molecule has 0 spiro atoms. The van der Waals surface area contributed by atoms with Crippen LogP contribution in [0.1, 0.15) is 31.1 Å². The van der Waals surface area contributed by atoms with Crippen molar-refractivity contribution in [3.63, 3.8) is 0 Å². The molecule has 0 radical (unpaired) electrons. The summed E-state index contributed by atoms with van der Waals surface area (Å²) < 4.78 is 1.56. The molecule has 0 aliphatic rings. The molecule has 1 aromatic heterocycles. The minimum atomic E-state index is -0.986. The van der Waals surface area contributed by atoms with Crippen molar-refractivity contribution in [3.05, 3.63) is 24.0 Å². The molecule has 17 heavy (non-hydrogen) atoms. The number of aromatic nitrogens is 1. The van der Waals surface area contributed by atoms with Gasteiger partial charge in [-0.25, -0.2) is 4.79 Å². The summed E-state index contributed by atoms with van der Waals surface area (Å²) >= 11 is 0. The van der Waals surface area contributed by atoms with E-state index in [4.69, 9.17) is 5.11 Å². The third-order valence-electron chi connectivity index (χ3n) is 2.71. The number of amides is 1. The van der Waals surface area contributed by atoms with Crippen molar-refractivity contribution in [2.75, 3.05) is 0 Å². The van der Waals surface area contributed by atoms with Gasteiger partial charge in [0.2, 0.25) is 5.91 Å². The monoisotopic (exact) mass is 238 g/mol. The Morgan fingerprint density at radius 2 is 2.06 bits per heavy atom. The molecular formula is C12H18N2O3. The Balaban J connectivity index is 2.53. The molecule has 0 aromatic carbocycles. The summed E-state index contributed by atoms with van der Waals surface area (Å²) in [6.45, 7) is 6.15. The molecule has 5 nitrogen and oxygen atoms in total. The Morgan fingerprint density at radius 1 is 1.41 bits per heavy atom. The van der Waals surface area contributed by atoms with Gasteiger partial charge in [-0.1, -0.05) is 13.8 Å². The van der Waals surface area contributed by atoms with E-state index in [2.05, 4.69) is 5.32 Å². The summed E-state index contributed by atoms with van der Waals surface area (Å²) in [7, 11) is 0. The molecule has 0 bridgehead atoms. The SMILES string of the molecule is CC(C)C(C)NC(=O)Cn1ccc(C(=O)O)c1. The predicted molar refractivity (Wildman–Crippen MR) is 63.8 cm³/mol. The van der Waals surface area contributed by atoms with Crippen molar-refractivity contribution in [2.24, 2.45) is 5.92 Å². The van der Waals surface area contributed by atoms with E-state index in [0.717, 1.165) is 0 Å². The molecule has 1 amide bonds. The molecule has 1 atom stereocenters. The first-order chi connectivity index (χ1) is 7.90. The molecule has 0 aliphatic carbocycles. The van der Waals surface area contributed by atoms with Crippen molar-refractivity contribution in [3.8, 4) is 0 Å². The minimum Gasteiger partial charge on any atom is -0.478 e. The summed E-state index contributed by atoms with van der Waals surface area (Å²) in [6.07, 6.45) is 3.03. The van der Waals surface area contributed by atoms with Gasteiger partial charge >= 0.3 is 5.97 Å². The summed E-state index contributed by atoms with van der Waals surface area (Å²) in [5.41, 5.74) is 0.190. The van der Waals surface area contributed by atoms with Gasteiger partial charge in [0.05, 0.1) is 5.56 Å². The van der Waals surface area contributed by atoms with E-state index in [1.165, 1.54) is 12.3 Å². The minimum absolute atomic E-state index is 0.108. The number of nitrogens with one attached hydrogen (secondary N) is 1.